The molecule has 0 heterocycles. The molecule has 0 aromatic heterocycles. The summed E-state index contributed by atoms with van der Waals surface area (Å²) in [6, 6.07) is 10.8. The average molecular weight is 417 g/mol. The van der Waals surface area contributed by atoms with Gasteiger partial charge in [0.2, 0.25) is 0 Å². The summed E-state index contributed by atoms with van der Waals surface area (Å²) in [7, 11) is 3.47. The topological polar surface area (TPSA) is 21.3 Å². The fraction of sp³-hybridized carbons (Fsp3) is 0.250. The van der Waals surface area contributed by atoms with Crippen molar-refractivity contribution in [2.45, 2.75) is 12.5 Å². The molecule has 0 fully saturated rings. The van der Waals surface area contributed by atoms with Gasteiger partial charge in [0.1, 0.15) is 11.6 Å². The Morgan fingerprint density at radius 1 is 1.19 bits per heavy atom. The molecule has 0 aliphatic heterocycles. The van der Waals surface area contributed by atoms with E-state index in [1.165, 1.54) is 6.07 Å². The molecule has 2 rings (SSSR count). The van der Waals surface area contributed by atoms with Crippen LogP contribution in [0.15, 0.2) is 45.3 Å². The van der Waals surface area contributed by atoms with Crippen molar-refractivity contribution in [3.63, 3.8) is 0 Å². The normalized spacial score (nSPS) is 12.2. The molecular weight excluding hydrogens is 401 g/mol. The Morgan fingerprint density at radius 3 is 2.57 bits per heavy atom. The van der Waals surface area contributed by atoms with E-state index in [9.17, 15) is 4.39 Å². The molecule has 1 N–H and O–H groups in total. The zero-order valence-electron chi connectivity index (χ0n) is 11.8. The number of benzene rings is 2. The minimum absolute atomic E-state index is 0.110. The van der Waals surface area contributed by atoms with Crippen LogP contribution >= 0.6 is 31.9 Å². The first-order chi connectivity index (χ1) is 10.0. The molecule has 0 saturated heterocycles. The zero-order chi connectivity index (χ0) is 15.4. The van der Waals surface area contributed by atoms with Crippen molar-refractivity contribution in [3.8, 4) is 5.75 Å². The smallest absolute Gasteiger partial charge is 0.129 e. The Bertz CT molecular complexity index is 634. The van der Waals surface area contributed by atoms with E-state index in [1.807, 2.05) is 31.3 Å². The van der Waals surface area contributed by atoms with Crippen molar-refractivity contribution in [2.75, 3.05) is 14.2 Å². The van der Waals surface area contributed by atoms with Crippen molar-refractivity contribution in [2.24, 2.45) is 0 Å². The van der Waals surface area contributed by atoms with Gasteiger partial charge in [-0.2, -0.15) is 0 Å². The molecule has 112 valence electrons. The Hall–Kier alpha value is -0.910. The van der Waals surface area contributed by atoms with Gasteiger partial charge < -0.3 is 10.1 Å². The van der Waals surface area contributed by atoms with Crippen molar-refractivity contribution >= 4 is 31.9 Å². The van der Waals surface area contributed by atoms with Crippen molar-refractivity contribution in [1.82, 2.24) is 5.32 Å². The average Bonchev–Trinajstić information content (AvgIpc) is 2.47. The highest BCUT2D eigenvalue weighted by Crippen LogP contribution is 2.29. The van der Waals surface area contributed by atoms with Crippen molar-refractivity contribution in [3.05, 3.63) is 62.3 Å². The largest absolute Gasteiger partial charge is 0.497 e. The number of likely N-dealkylation sites (N-methyl/N-ethyl adjacent to an activating group) is 1. The van der Waals surface area contributed by atoms with E-state index in [1.54, 1.807) is 13.2 Å². The van der Waals surface area contributed by atoms with Gasteiger partial charge in [-0.1, -0.05) is 37.9 Å². The molecule has 1 unspecified atom stereocenters. The Labute approximate surface area is 141 Å². The molecule has 0 saturated carbocycles. The summed E-state index contributed by atoms with van der Waals surface area (Å²) >= 11 is 6.82. The van der Waals surface area contributed by atoms with Gasteiger partial charge in [-0.25, -0.2) is 4.39 Å². The summed E-state index contributed by atoms with van der Waals surface area (Å²) in [5.41, 5.74) is 1.71. The highest BCUT2D eigenvalue weighted by atomic mass is 79.9. The standard InChI is InChI=1S/C16H16Br2FNO/c1-20-16(13-5-3-11(17)9-15(13)19)8-10-7-12(21-2)4-6-14(10)18/h3-7,9,16,20H,8H2,1-2H3. The van der Waals surface area contributed by atoms with Gasteiger partial charge in [0.25, 0.3) is 0 Å². The van der Waals surface area contributed by atoms with Gasteiger partial charge >= 0.3 is 0 Å². The van der Waals surface area contributed by atoms with Crippen LogP contribution in [0, 0.1) is 5.82 Å². The first kappa shape index (κ1) is 16.5. The van der Waals surface area contributed by atoms with Crippen LogP contribution in [-0.4, -0.2) is 14.2 Å². The maximum absolute atomic E-state index is 14.1. The first-order valence-electron chi connectivity index (χ1n) is 6.49. The summed E-state index contributed by atoms with van der Waals surface area (Å²) in [6.07, 6.45) is 0.660. The Kier molecular flexibility index (Phi) is 5.79. The van der Waals surface area contributed by atoms with Crippen LogP contribution in [0.5, 0.6) is 5.75 Å². The van der Waals surface area contributed by atoms with Crippen LogP contribution in [0.1, 0.15) is 17.2 Å². The maximum Gasteiger partial charge on any atom is 0.129 e. The quantitative estimate of drug-likeness (QED) is 0.751. The molecule has 5 heteroatoms. The predicted octanol–water partition coefficient (Wildman–Crippen LogP) is 4.86. The third kappa shape index (κ3) is 4.05. The van der Waals surface area contributed by atoms with E-state index < -0.39 is 0 Å². The highest BCUT2D eigenvalue weighted by molar-refractivity contribution is 9.10. The lowest BCUT2D eigenvalue weighted by atomic mass is 9.98. The van der Waals surface area contributed by atoms with Crippen molar-refractivity contribution in [1.29, 1.82) is 0 Å². The third-order valence-corrected chi connectivity index (χ3v) is 4.63. The van der Waals surface area contributed by atoms with Crippen LogP contribution in [0.3, 0.4) is 0 Å². The van der Waals surface area contributed by atoms with E-state index in [2.05, 4.69) is 37.2 Å². The number of hydrogen-bond donors (Lipinski definition) is 1. The summed E-state index contributed by atoms with van der Waals surface area (Å²) < 4.78 is 21.1. The second kappa shape index (κ2) is 7.38. The Morgan fingerprint density at radius 2 is 1.95 bits per heavy atom. The van der Waals surface area contributed by atoms with Crippen LogP contribution in [0.2, 0.25) is 0 Å². The molecule has 21 heavy (non-hydrogen) atoms. The molecule has 0 aliphatic carbocycles. The summed E-state index contributed by atoms with van der Waals surface area (Å²) in [5.74, 6) is 0.571. The second-order valence-corrected chi connectivity index (χ2v) is 6.44. The van der Waals surface area contributed by atoms with E-state index in [-0.39, 0.29) is 11.9 Å². The van der Waals surface area contributed by atoms with Gasteiger partial charge in [-0.05, 0) is 49.4 Å². The lowest BCUT2D eigenvalue weighted by Gasteiger charge is -2.19. The molecule has 0 bridgehead atoms. The number of ether oxygens (including phenoxy) is 1. The molecule has 2 aromatic rings. The van der Waals surface area contributed by atoms with Gasteiger partial charge in [0.15, 0.2) is 0 Å². The molecule has 0 amide bonds. The Balaban J connectivity index is 2.30. The predicted molar refractivity (Wildman–Crippen MR) is 90.3 cm³/mol. The second-order valence-electron chi connectivity index (χ2n) is 4.67. The molecule has 0 radical (unpaired) electrons. The molecule has 2 aromatic carbocycles. The minimum Gasteiger partial charge on any atom is -0.497 e. The summed E-state index contributed by atoms with van der Waals surface area (Å²) in [5, 5.41) is 3.17. The van der Waals surface area contributed by atoms with Crippen LogP contribution in [0.25, 0.3) is 0 Å². The lowest BCUT2D eigenvalue weighted by Crippen LogP contribution is -2.20. The number of halogens is 3. The van der Waals surface area contributed by atoms with E-state index in [0.29, 0.717) is 12.0 Å². The van der Waals surface area contributed by atoms with Crippen LogP contribution < -0.4 is 10.1 Å². The number of methoxy groups -OCH3 is 1. The first-order valence-corrected chi connectivity index (χ1v) is 8.08. The SMILES string of the molecule is CNC(Cc1cc(OC)ccc1Br)c1ccc(Br)cc1F. The number of rotatable bonds is 5. The zero-order valence-corrected chi connectivity index (χ0v) is 15.0. The molecule has 0 aliphatic rings. The van der Waals surface area contributed by atoms with Crippen LogP contribution in [0.4, 0.5) is 4.39 Å². The third-order valence-electron chi connectivity index (χ3n) is 3.36. The van der Waals surface area contributed by atoms with Crippen LogP contribution in [-0.2, 0) is 6.42 Å². The molecule has 2 nitrogen and oxygen atoms in total. The molecule has 1 atom stereocenters. The molecular formula is C16H16Br2FNO. The van der Waals surface area contributed by atoms with Gasteiger partial charge in [0.05, 0.1) is 7.11 Å². The monoisotopic (exact) mass is 415 g/mol. The molecule has 0 spiro atoms. The van der Waals surface area contributed by atoms with E-state index in [4.69, 9.17) is 4.74 Å². The fourth-order valence-corrected chi connectivity index (χ4v) is 2.95. The van der Waals surface area contributed by atoms with E-state index in [0.717, 1.165) is 20.3 Å². The summed E-state index contributed by atoms with van der Waals surface area (Å²) in [6.45, 7) is 0. The van der Waals surface area contributed by atoms with Crippen molar-refractivity contribution < 1.29 is 9.13 Å². The van der Waals surface area contributed by atoms with E-state index >= 15 is 0 Å². The van der Waals surface area contributed by atoms with Gasteiger partial charge in [-0.15, -0.1) is 0 Å². The van der Waals surface area contributed by atoms with Gasteiger partial charge in [0, 0.05) is 20.6 Å². The number of nitrogens with one attached hydrogen (secondary N) is 1. The fourth-order valence-electron chi connectivity index (χ4n) is 2.21. The van der Waals surface area contributed by atoms with Gasteiger partial charge in [-0.3, -0.25) is 0 Å². The minimum atomic E-state index is -0.220. The lowest BCUT2D eigenvalue weighted by molar-refractivity contribution is 0.413. The highest BCUT2D eigenvalue weighted by Gasteiger charge is 2.16. The summed E-state index contributed by atoms with van der Waals surface area (Å²) in [4.78, 5) is 0. The number of hydrogen-bond acceptors (Lipinski definition) is 2. The maximum atomic E-state index is 14.1.